The Hall–Kier alpha value is -4.25. The molecule has 0 radical (unpaired) electrons. The minimum absolute atomic E-state index is 0.0346. The highest BCUT2D eigenvalue weighted by Crippen LogP contribution is 2.35. The lowest BCUT2D eigenvalue weighted by Gasteiger charge is -2.32. The molecule has 1 atom stereocenters. The molecule has 11 heteroatoms. The first kappa shape index (κ1) is 32.7. The summed E-state index contributed by atoms with van der Waals surface area (Å²) in [6, 6.07) is 21.2. The van der Waals surface area contributed by atoms with Crippen LogP contribution in [0, 0.1) is 0 Å². The zero-order chi connectivity index (χ0) is 31.5. The Morgan fingerprint density at radius 3 is 2.39 bits per heavy atom. The van der Waals surface area contributed by atoms with Crippen LogP contribution in [0.3, 0.4) is 0 Å². The number of hydrogen-bond donors (Lipinski definition) is 1. The lowest BCUT2D eigenvalue weighted by molar-refractivity contribution is -0.141. The maximum Gasteiger partial charge on any atom is 0.243 e. The summed E-state index contributed by atoms with van der Waals surface area (Å²) in [6.07, 6.45) is 2.50. The van der Waals surface area contributed by atoms with Gasteiger partial charge in [-0.1, -0.05) is 49.4 Å². The predicted molar refractivity (Wildman–Crippen MR) is 170 cm³/mol. The molecular formula is C33H41N3O7S. The molecule has 0 aliphatic carbocycles. The fourth-order valence-corrected chi connectivity index (χ4v) is 6.04. The average molecular weight is 624 g/mol. The van der Waals surface area contributed by atoms with E-state index in [-0.39, 0.29) is 37.7 Å². The van der Waals surface area contributed by atoms with Crippen LogP contribution in [0.5, 0.6) is 17.2 Å². The van der Waals surface area contributed by atoms with Crippen LogP contribution in [-0.2, 0) is 32.6 Å². The summed E-state index contributed by atoms with van der Waals surface area (Å²) in [5.41, 5.74) is 2.17. The Morgan fingerprint density at radius 1 is 0.955 bits per heavy atom. The maximum absolute atomic E-state index is 14.0. The third-order valence-corrected chi connectivity index (χ3v) is 8.47. The zero-order valence-electron chi connectivity index (χ0n) is 25.5. The second kappa shape index (κ2) is 15.5. The van der Waals surface area contributed by atoms with E-state index in [1.54, 1.807) is 30.2 Å². The van der Waals surface area contributed by atoms with E-state index in [4.69, 9.17) is 14.2 Å². The second-order valence-corrected chi connectivity index (χ2v) is 12.5. The van der Waals surface area contributed by atoms with Gasteiger partial charge >= 0.3 is 0 Å². The number of carbonyl (C=O) groups excluding carboxylic acids is 2. The fraction of sp³-hybridized carbons (Fsp3) is 0.394. The molecule has 2 amide bonds. The third kappa shape index (κ3) is 8.89. The van der Waals surface area contributed by atoms with Gasteiger partial charge in [0.05, 0.1) is 19.1 Å². The number of methoxy groups -OCH3 is 1. The third-order valence-electron chi connectivity index (χ3n) is 7.27. The molecule has 1 aliphatic rings. The molecule has 1 unspecified atom stereocenters. The van der Waals surface area contributed by atoms with Gasteiger partial charge in [0.2, 0.25) is 21.8 Å². The average Bonchev–Trinajstić information content (AvgIpc) is 3.03. The van der Waals surface area contributed by atoms with Gasteiger partial charge in [0.1, 0.15) is 25.0 Å². The van der Waals surface area contributed by atoms with E-state index in [2.05, 4.69) is 5.32 Å². The largest absolute Gasteiger partial charge is 0.497 e. The molecule has 0 saturated carbocycles. The fourth-order valence-electron chi connectivity index (χ4n) is 5.08. The number of carbonyl (C=O) groups is 2. The maximum atomic E-state index is 14.0. The number of benzene rings is 3. The normalized spacial score (nSPS) is 13.1. The summed E-state index contributed by atoms with van der Waals surface area (Å²) in [4.78, 5) is 29.1. The molecule has 1 heterocycles. The van der Waals surface area contributed by atoms with E-state index in [1.165, 1.54) is 4.31 Å². The first-order valence-electron chi connectivity index (χ1n) is 14.8. The number of nitrogens with one attached hydrogen (secondary N) is 1. The van der Waals surface area contributed by atoms with Crippen molar-refractivity contribution in [2.75, 3.05) is 44.0 Å². The number of hydrogen-bond acceptors (Lipinski definition) is 7. The van der Waals surface area contributed by atoms with Gasteiger partial charge in [-0.3, -0.25) is 13.9 Å². The molecule has 1 N–H and O–H groups in total. The van der Waals surface area contributed by atoms with E-state index in [9.17, 15) is 18.0 Å². The summed E-state index contributed by atoms with van der Waals surface area (Å²) in [7, 11) is -2.09. The summed E-state index contributed by atoms with van der Waals surface area (Å²) in [6.45, 7) is 3.53. The molecule has 0 saturated heterocycles. The van der Waals surface area contributed by atoms with E-state index in [0.717, 1.165) is 23.8 Å². The van der Waals surface area contributed by atoms with E-state index < -0.39 is 16.1 Å². The monoisotopic (exact) mass is 623 g/mol. The molecule has 1 aliphatic heterocycles. The predicted octanol–water partition coefficient (Wildman–Crippen LogP) is 4.18. The minimum Gasteiger partial charge on any atom is -0.497 e. The van der Waals surface area contributed by atoms with Crippen LogP contribution in [0.25, 0.3) is 0 Å². The zero-order valence-corrected chi connectivity index (χ0v) is 26.3. The van der Waals surface area contributed by atoms with Gasteiger partial charge in [0, 0.05) is 38.5 Å². The van der Waals surface area contributed by atoms with Crippen molar-refractivity contribution in [3.8, 4) is 17.2 Å². The van der Waals surface area contributed by atoms with Crippen LogP contribution >= 0.6 is 0 Å². The van der Waals surface area contributed by atoms with E-state index >= 15 is 0 Å². The number of fused-ring (bicyclic) bond motifs is 1. The number of rotatable bonds is 15. The van der Waals surface area contributed by atoms with Gasteiger partial charge in [0.15, 0.2) is 11.5 Å². The minimum atomic E-state index is -3.67. The van der Waals surface area contributed by atoms with Crippen molar-refractivity contribution in [1.29, 1.82) is 0 Å². The van der Waals surface area contributed by atoms with Crippen molar-refractivity contribution < 1.29 is 32.2 Å². The quantitative estimate of drug-likeness (QED) is 0.270. The highest BCUT2D eigenvalue weighted by molar-refractivity contribution is 7.92. The molecule has 0 fully saturated rings. The molecule has 10 nitrogen and oxygen atoms in total. The van der Waals surface area contributed by atoms with Crippen molar-refractivity contribution in [3.63, 3.8) is 0 Å². The van der Waals surface area contributed by atoms with Gasteiger partial charge in [-0.15, -0.1) is 0 Å². The molecule has 236 valence electrons. The highest BCUT2D eigenvalue weighted by Gasteiger charge is 2.30. The molecular weight excluding hydrogens is 582 g/mol. The Labute approximate surface area is 260 Å². The van der Waals surface area contributed by atoms with Crippen molar-refractivity contribution in [1.82, 2.24) is 10.2 Å². The molecule has 0 spiro atoms. The molecule has 44 heavy (non-hydrogen) atoms. The standard InChI is InChI=1S/C33H41N3O7S/c1-4-17-34-33(38)29(22-25-10-6-5-7-11-25)35(24-26-12-8-13-28(21-26)41-2)32(37)14-9-18-36(44(3,39)40)27-15-16-30-31(23-27)43-20-19-42-30/h5-8,10-13,15-16,21,23,29H,4,9,14,17-20,22,24H2,1-3H3,(H,34,38). The number of nitrogens with zero attached hydrogens (tertiary/aromatic N) is 2. The number of amides is 2. The molecule has 0 bridgehead atoms. The Kier molecular flexibility index (Phi) is 11.5. The van der Waals surface area contributed by atoms with Crippen molar-refractivity contribution in [3.05, 3.63) is 83.9 Å². The van der Waals surface area contributed by atoms with Crippen LogP contribution in [-0.4, -0.2) is 70.8 Å². The van der Waals surface area contributed by atoms with Crippen molar-refractivity contribution >= 4 is 27.5 Å². The van der Waals surface area contributed by atoms with E-state index in [0.29, 0.717) is 49.1 Å². The lowest BCUT2D eigenvalue weighted by Crippen LogP contribution is -2.50. The summed E-state index contributed by atoms with van der Waals surface area (Å²) in [5.74, 6) is 1.19. The van der Waals surface area contributed by atoms with Crippen LogP contribution in [0.2, 0.25) is 0 Å². The SMILES string of the molecule is CCCNC(=O)C(Cc1ccccc1)N(Cc1cccc(OC)c1)C(=O)CCCN(c1ccc2c(c1)OCCO2)S(C)(=O)=O. The van der Waals surface area contributed by atoms with Crippen LogP contribution in [0.15, 0.2) is 72.8 Å². The van der Waals surface area contributed by atoms with Gasteiger partial charge in [-0.2, -0.15) is 0 Å². The van der Waals surface area contributed by atoms with Gasteiger partial charge in [0.25, 0.3) is 0 Å². The van der Waals surface area contributed by atoms with Gasteiger partial charge in [-0.25, -0.2) is 8.42 Å². The van der Waals surface area contributed by atoms with Crippen LogP contribution in [0.4, 0.5) is 5.69 Å². The first-order valence-corrected chi connectivity index (χ1v) is 16.7. The van der Waals surface area contributed by atoms with Crippen molar-refractivity contribution in [2.24, 2.45) is 0 Å². The lowest BCUT2D eigenvalue weighted by atomic mass is 10.0. The molecule has 3 aromatic carbocycles. The molecule has 0 aromatic heterocycles. The van der Waals surface area contributed by atoms with Gasteiger partial charge < -0.3 is 24.4 Å². The summed E-state index contributed by atoms with van der Waals surface area (Å²) >= 11 is 0. The van der Waals surface area contributed by atoms with Gasteiger partial charge in [-0.05, 0) is 48.2 Å². The van der Waals surface area contributed by atoms with Crippen LogP contribution in [0.1, 0.15) is 37.3 Å². The Bertz CT molecular complexity index is 1510. The number of ether oxygens (including phenoxy) is 3. The number of anilines is 1. The molecule has 3 aromatic rings. The highest BCUT2D eigenvalue weighted by atomic mass is 32.2. The van der Waals surface area contributed by atoms with Crippen molar-refractivity contribution in [2.45, 2.75) is 45.2 Å². The Morgan fingerprint density at radius 2 is 1.68 bits per heavy atom. The second-order valence-electron chi connectivity index (χ2n) is 10.6. The topological polar surface area (TPSA) is 114 Å². The van der Waals surface area contributed by atoms with E-state index in [1.807, 2.05) is 61.5 Å². The smallest absolute Gasteiger partial charge is 0.243 e. The first-order chi connectivity index (χ1) is 21.2. The van der Waals surface area contributed by atoms with Crippen LogP contribution < -0.4 is 23.8 Å². The summed E-state index contributed by atoms with van der Waals surface area (Å²) in [5, 5.41) is 2.97. The summed E-state index contributed by atoms with van der Waals surface area (Å²) < 4.78 is 43.5. The Balaban J connectivity index is 1.58. The number of sulfonamides is 1. The molecule has 4 rings (SSSR count).